The van der Waals surface area contributed by atoms with Crippen LogP contribution >= 0.6 is 0 Å². The fraction of sp³-hybridized carbons (Fsp3) is 0.154. The lowest BCUT2D eigenvalue weighted by atomic mass is 9.94. The van der Waals surface area contributed by atoms with E-state index in [4.69, 9.17) is 0 Å². The van der Waals surface area contributed by atoms with E-state index in [2.05, 4.69) is 4.98 Å². The summed E-state index contributed by atoms with van der Waals surface area (Å²) >= 11 is 0. The van der Waals surface area contributed by atoms with E-state index >= 15 is 0 Å². The van der Waals surface area contributed by atoms with Crippen molar-refractivity contribution >= 4 is 0 Å². The Morgan fingerprint density at radius 1 is 0.938 bits per heavy atom. The zero-order valence-corrected chi connectivity index (χ0v) is 8.82. The van der Waals surface area contributed by atoms with Crippen molar-refractivity contribution in [3.05, 3.63) is 65.5 Å². The maximum absolute atomic E-state index is 13.1. The number of rotatable bonds is 2. The molecule has 0 saturated carbocycles. The summed E-state index contributed by atoms with van der Waals surface area (Å²) in [6.07, 6.45) is 3.37. The highest BCUT2D eigenvalue weighted by atomic mass is 19.2. The van der Waals surface area contributed by atoms with Crippen molar-refractivity contribution in [1.29, 1.82) is 0 Å². The normalized spacial score (nSPS) is 12.4. The lowest BCUT2D eigenvalue weighted by molar-refractivity contribution is 0.506. The molecule has 0 radical (unpaired) electrons. The average molecular weight is 219 g/mol. The van der Waals surface area contributed by atoms with E-state index in [1.165, 1.54) is 6.07 Å². The van der Waals surface area contributed by atoms with Crippen LogP contribution in [0.15, 0.2) is 42.7 Å². The van der Waals surface area contributed by atoms with Gasteiger partial charge < -0.3 is 0 Å². The lowest BCUT2D eigenvalue weighted by Crippen LogP contribution is -1.97. The van der Waals surface area contributed by atoms with Crippen molar-refractivity contribution in [2.24, 2.45) is 0 Å². The molecule has 0 saturated heterocycles. The van der Waals surface area contributed by atoms with Crippen LogP contribution in [0, 0.1) is 11.6 Å². The molecule has 0 aliphatic heterocycles. The van der Waals surface area contributed by atoms with Crippen LogP contribution in [0.3, 0.4) is 0 Å². The second-order valence-electron chi connectivity index (χ2n) is 3.68. The molecule has 0 aliphatic rings. The van der Waals surface area contributed by atoms with E-state index in [1.54, 1.807) is 18.5 Å². The summed E-state index contributed by atoms with van der Waals surface area (Å²) in [6, 6.07) is 7.73. The molecule has 0 spiro atoms. The van der Waals surface area contributed by atoms with Gasteiger partial charge in [-0.2, -0.15) is 0 Å². The van der Waals surface area contributed by atoms with Gasteiger partial charge in [0.2, 0.25) is 0 Å². The zero-order chi connectivity index (χ0) is 11.5. The number of hydrogen-bond donors (Lipinski definition) is 0. The van der Waals surface area contributed by atoms with Gasteiger partial charge in [0.05, 0.1) is 0 Å². The molecule has 2 aromatic rings. The Balaban J connectivity index is 2.34. The topological polar surface area (TPSA) is 12.9 Å². The highest BCUT2D eigenvalue weighted by Crippen LogP contribution is 2.24. The molecule has 1 aromatic heterocycles. The van der Waals surface area contributed by atoms with Gasteiger partial charge in [0.25, 0.3) is 0 Å². The number of halogens is 2. The maximum Gasteiger partial charge on any atom is 0.159 e. The standard InChI is InChI=1S/C13H11F2N/c1-9(10-4-6-16-7-5-10)11-2-3-12(14)13(15)8-11/h2-9H,1H3. The Labute approximate surface area is 92.8 Å². The number of benzene rings is 1. The molecule has 16 heavy (non-hydrogen) atoms. The first-order chi connectivity index (χ1) is 7.68. The molecule has 0 N–H and O–H groups in total. The smallest absolute Gasteiger partial charge is 0.159 e. The third-order valence-electron chi connectivity index (χ3n) is 2.65. The summed E-state index contributed by atoms with van der Waals surface area (Å²) in [5, 5.41) is 0. The average Bonchev–Trinajstić information content (AvgIpc) is 2.33. The molecule has 1 nitrogen and oxygen atoms in total. The predicted molar refractivity (Wildman–Crippen MR) is 58.1 cm³/mol. The van der Waals surface area contributed by atoms with Crippen LogP contribution < -0.4 is 0 Å². The van der Waals surface area contributed by atoms with Crippen LogP contribution in [-0.4, -0.2) is 4.98 Å². The van der Waals surface area contributed by atoms with Crippen LogP contribution in [0.25, 0.3) is 0 Å². The molecule has 1 aromatic carbocycles. The van der Waals surface area contributed by atoms with Gasteiger partial charge >= 0.3 is 0 Å². The van der Waals surface area contributed by atoms with Crippen molar-refractivity contribution < 1.29 is 8.78 Å². The molecule has 1 heterocycles. The minimum Gasteiger partial charge on any atom is -0.265 e. The molecule has 3 heteroatoms. The van der Waals surface area contributed by atoms with Gasteiger partial charge in [-0.25, -0.2) is 8.78 Å². The van der Waals surface area contributed by atoms with Crippen LogP contribution in [0.4, 0.5) is 8.78 Å². The summed E-state index contributed by atoms with van der Waals surface area (Å²) in [5.41, 5.74) is 1.78. The minimum absolute atomic E-state index is 0.0260. The van der Waals surface area contributed by atoms with Crippen LogP contribution in [0.1, 0.15) is 24.0 Å². The fourth-order valence-electron chi connectivity index (χ4n) is 1.63. The van der Waals surface area contributed by atoms with Gasteiger partial charge in [0.15, 0.2) is 11.6 Å². The summed E-state index contributed by atoms with van der Waals surface area (Å²) in [7, 11) is 0. The van der Waals surface area contributed by atoms with Crippen molar-refractivity contribution in [1.82, 2.24) is 4.98 Å². The van der Waals surface area contributed by atoms with E-state index < -0.39 is 11.6 Å². The molecular weight excluding hydrogens is 208 g/mol. The fourth-order valence-corrected chi connectivity index (χ4v) is 1.63. The molecule has 82 valence electrons. The van der Waals surface area contributed by atoms with E-state index in [0.717, 1.165) is 17.2 Å². The van der Waals surface area contributed by atoms with Crippen molar-refractivity contribution in [3.63, 3.8) is 0 Å². The van der Waals surface area contributed by atoms with Crippen molar-refractivity contribution in [2.45, 2.75) is 12.8 Å². The molecule has 0 aliphatic carbocycles. The van der Waals surface area contributed by atoms with Gasteiger partial charge in [0, 0.05) is 18.3 Å². The predicted octanol–water partition coefficient (Wildman–Crippen LogP) is 3.51. The third kappa shape index (κ3) is 2.08. The molecule has 1 unspecified atom stereocenters. The maximum atomic E-state index is 13.1. The van der Waals surface area contributed by atoms with Gasteiger partial charge in [-0.15, -0.1) is 0 Å². The first-order valence-electron chi connectivity index (χ1n) is 5.03. The van der Waals surface area contributed by atoms with E-state index in [1.807, 2.05) is 19.1 Å². The van der Waals surface area contributed by atoms with Crippen LogP contribution in [0.5, 0.6) is 0 Å². The van der Waals surface area contributed by atoms with Gasteiger partial charge in [0.1, 0.15) is 0 Å². The van der Waals surface area contributed by atoms with Gasteiger partial charge in [-0.1, -0.05) is 13.0 Å². The molecule has 1 atom stereocenters. The highest BCUT2D eigenvalue weighted by Gasteiger charge is 2.10. The summed E-state index contributed by atoms with van der Waals surface area (Å²) in [6.45, 7) is 1.95. The number of pyridine rings is 1. The molecule has 2 rings (SSSR count). The molecule has 0 fully saturated rings. The molecule has 0 bridgehead atoms. The number of hydrogen-bond acceptors (Lipinski definition) is 1. The van der Waals surface area contributed by atoms with Gasteiger partial charge in [-0.3, -0.25) is 4.98 Å². The van der Waals surface area contributed by atoms with Crippen LogP contribution in [0.2, 0.25) is 0 Å². The molecular formula is C13H11F2N. The summed E-state index contributed by atoms with van der Waals surface area (Å²) in [5.74, 6) is -1.60. The van der Waals surface area contributed by atoms with Crippen molar-refractivity contribution in [3.8, 4) is 0 Å². The quantitative estimate of drug-likeness (QED) is 0.753. The SMILES string of the molecule is CC(c1ccncc1)c1ccc(F)c(F)c1. The third-order valence-corrected chi connectivity index (χ3v) is 2.65. The zero-order valence-electron chi connectivity index (χ0n) is 8.82. The Kier molecular flexibility index (Phi) is 2.95. The molecule has 0 amide bonds. The van der Waals surface area contributed by atoms with E-state index in [9.17, 15) is 8.78 Å². The summed E-state index contributed by atoms with van der Waals surface area (Å²) in [4.78, 5) is 3.92. The first kappa shape index (κ1) is 10.7. The number of nitrogens with zero attached hydrogens (tertiary/aromatic N) is 1. The Morgan fingerprint density at radius 2 is 1.62 bits per heavy atom. The highest BCUT2D eigenvalue weighted by molar-refractivity contribution is 5.30. The number of aromatic nitrogens is 1. The minimum atomic E-state index is -0.814. The van der Waals surface area contributed by atoms with E-state index in [0.29, 0.717) is 0 Å². The Hall–Kier alpha value is -1.77. The first-order valence-corrected chi connectivity index (χ1v) is 5.03. The second kappa shape index (κ2) is 4.39. The Bertz CT molecular complexity index is 483. The lowest BCUT2D eigenvalue weighted by Gasteiger charge is -2.12. The Morgan fingerprint density at radius 3 is 2.25 bits per heavy atom. The monoisotopic (exact) mass is 219 g/mol. The second-order valence-corrected chi connectivity index (χ2v) is 3.68. The van der Waals surface area contributed by atoms with Crippen molar-refractivity contribution in [2.75, 3.05) is 0 Å². The van der Waals surface area contributed by atoms with E-state index in [-0.39, 0.29) is 5.92 Å². The van der Waals surface area contributed by atoms with Gasteiger partial charge in [-0.05, 0) is 35.4 Å². The largest absolute Gasteiger partial charge is 0.265 e. The summed E-state index contributed by atoms with van der Waals surface area (Å²) < 4.78 is 25.8. The van der Waals surface area contributed by atoms with Crippen LogP contribution in [-0.2, 0) is 0 Å².